The van der Waals surface area contributed by atoms with Gasteiger partial charge in [0, 0.05) is 38.8 Å². The summed E-state index contributed by atoms with van der Waals surface area (Å²) in [6.07, 6.45) is 0.794. The summed E-state index contributed by atoms with van der Waals surface area (Å²) in [5.74, 6) is 2.92. The van der Waals surface area contributed by atoms with Gasteiger partial charge in [-0.2, -0.15) is 0 Å². The summed E-state index contributed by atoms with van der Waals surface area (Å²) in [4.78, 5) is 4.94. The lowest BCUT2D eigenvalue weighted by Crippen LogP contribution is -2.52. The van der Waals surface area contributed by atoms with Crippen LogP contribution in [-0.4, -0.2) is 54.3 Å². The molecule has 1 saturated heterocycles. The highest BCUT2D eigenvalue weighted by molar-refractivity contribution is 5.43. The molecule has 1 aromatic carbocycles. The van der Waals surface area contributed by atoms with Crippen molar-refractivity contribution in [3.8, 4) is 5.75 Å². The second-order valence-corrected chi connectivity index (χ2v) is 7.56. The summed E-state index contributed by atoms with van der Waals surface area (Å²) in [6, 6.07) is 8.67. The molecule has 5 nitrogen and oxygen atoms in total. The van der Waals surface area contributed by atoms with Crippen molar-refractivity contribution in [2.75, 3.05) is 33.4 Å². The van der Waals surface area contributed by atoms with E-state index in [1.165, 1.54) is 16.7 Å². The Hall–Kier alpha value is -1.82. The highest BCUT2D eigenvalue weighted by Gasteiger charge is 2.27. The molecular formula is C22H32N2O3. The van der Waals surface area contributed by atoms with Gasteiger partial charge in [0.25, 0.3) is 0 Å². The zero-order chi connectivity index (χ0) is 19.4. The molecule has 1 aliphatic rings. The Balaban J connectivity index is 1.68. The molecule has 1 N–H and O–H groups in total. The molecule has 0 aliphatic carbocycles. The Morgan fingerprint density at radius 3 is 2.56 bits per heavy atom. The van der Waals surface area contributed by atoms with Gasteiger partial charge in [-0.3, -0.25) is 9.80 Å². The molecule has 27 heavy (non-hydrogen) atoms. The third kappa shape index (κ3) is 4.72. The number of aliphatic hydroxyl groups excluding tert-OH is 1. The summed E-state index contributed by atoms with van der Waals surface area (Å²) in [7, 11) is 1.72. The highest BCUT2D eigenvalue weighted by Crippen LogP contribution is 2.26. The highest BCUT2D eigenvalue weighted by atomic mass is 16.5. The average Bonchev–Trinajstić information content (AvgIpc) is 3.06. The number of hydrogen-bond acceptors (Lipinski definition) is 5. The fraction of sp³-hybridized carbons (Fsp3) is 0.545. The van der Waals surface area contributed by atoms with Crippen LogP contribution in [-0.2, 0) is 13.1 Å². The van der Waals surface area contributed by atoms with Crippen LogP contribution in [0, 0.1) is 20.8 Å². The molecule has 148 valence electrons. The Labute approximate surface area is 162 Å². The van der Waals surface area contributed by atoms with Gasteiger partial charge in [-0.25, -0.2) is 0 Å². The second-order valence-electron chi connectivity index (χ2n) is 7.56. The Kier molecular flexibility index (Phi) is 6.58. The third-order valence-corrected chi connectivity index (χ3v) is 5.77. The van der Waals surface area contributed by atoms with E-state index in [1.807, 2.05) is 13.0 Å². The molecule has 0 spiro atoms. The fourth-order valence-corrected chi connectivity index (χ4v) is 3.99. The number of aliphatic hydroxyl groups is 1. The molecule has 3 rings (SSSR count). The molecule has 0 saturated carbocycles. The first-order valence-corrected chi connectivity index (χ1v) is 9.77. The number of hydrogen-bond donors (Lipinski definition) is 1. The number of ether oxygens (including phenoxy) is 1. The minimum absolute atomic E-state index is 0.218. The lowest BCUT2D eigenvalue weighted by molar-refractivity contribution is 0.0466. The van der Waals surface area contributed by atoms with E-state index in [0.29, 0.717) is 6.04 Å². The molecule has 1 unspecified atom stereocenters. The maximum atomic E-state index is 9.57. The van der Waals surface area contributed by atoms with Crippen LogP contribution in [0.25, 0.3) is 0 Å². The predicted molar refractivity (Wildman–Crippen MR) is 107 cm³/mol. The van der Waals surface area contributed by atoms with E-state index in [0.717, 1.165) is 56.4 Å². The predicted octanol–water partition coefficient (Wildman–Crippen LogP) is 3.28. The van der Waals surface area contributed by atoms with Gasteiger partial charge in [-0.15, -0.1) is 0 Å². The topological polar surface area (TPSA) is 49.1 Å². The van der Waals surface area contributed by atoms with Crippen molar-refractivity contribution in [2.45, 2.75) is 46.3 Å². The van der Waals surface area contributed by atoms with Crippen LogP contribution >= 0.6 is 0 Å². The second kappa shape index (κ2) is 8.91. The van der Waals surface area contributed by atoms with Gasteiger partial charge >= 0.3 is 0 Å². The summed E-state index contributed by atoms with van der Waals surface area (Å²) in [5.41, 5.74) is 3.84. The third-order valence-electron chi connectivity index (χ3n) is 5.77. The number of furan rings is 1. The van der Waals surface area contributed by atoms with E-state index in [2.05, 4.69) is 41.8 Å². The summed E-state index contributed by atoms with van der Waals surface area (Å²) in [6.45, 7) is 11.2. The Morgan fingerprint density at radius 1 is 1.07 bits per heavy atom. The average molecular weight is 373 g/mol. The Morgan fingerprint density at radius 2 is 1.89 bits per heavy atom. The van der Waals surface area contributed by atoms with Gasteiger partial charge in [-0.1, -0.05) is 6.07 Å². The van der Waals surface area contributed by atoms with Crippen LogP contribution in [0.3, 0.4) is 0 Å². The van der Waals surface area contributed by atoms with Crippen LogP contribution in [0.15, 0.2) is 28.7 Å². The Bertz CT molecular complexity index is 756. The van der Waals surface area contributed by atoms with Crippen LogP contribution in [0.1, 0.15) is 34.6 Å². The van der Waals surface area contributed by atoms with Crippen LogP contribution in [0.4, 0.5) is 0 Å². The molecule has 2 heterocycles. The van der Waals surface area contributed by atoms with Gasteiger partial charge in [0.1, 0.15) is 17.3 Å². The van der Waals surface area contributed by atoms with Crippen molar-refractivity contribution in [1.29, 1.82) is 0 Å². The normalized spacial score (nSPS) is 18.8. The zero-order valence-electron chi connectivity index (χ0n) is 17.0. The molecule has 5 heteroatoms. The molecule has 0 radical (unpaired) electrons. The monoisotopic (exact) mass is 372 g/mol. The number of aryl methyl sites for hydroxylation is 1. The summed E-state index contributed by atoms with van der Waals surface area (Å²) >= 11 is 0. The molecule has 2 aromatic rings. The van der Waals surface area contributed by atoms with Gasteiger partial charge < -0.3 is 14.3 Å². The minimum Gasteiger partial charge on any atom is -0.496 e. The minimum atomic E-state index is 0.218. The largest absolute Gasteiger partial charge is 0.496 e. The number of benzene rings is 1. The molecule has 0 bridgehead atoms. The SMILES string of the molecule is COc1ccc(CN2CCN(Cc3ccc(C)o3)CC2CCO)c(C)c1C. The van der Waals surface area contributed by atoms with Crippen molar-refractivity contribution in [3.63, 3.8) is 0 Å². The first-order valence-electron chi connectivity index (χ1n) is 9.77. The number of rotatable bonds is 7. The molecule has 1 aromatic heterocycles. The van der Waals surface area contributed by atoms with Crippen LogP contribution in [0.5, 0.6) is 5.75 Å². The van der Waals surface area contributed by atoms with E-state index >= 15 is 0 Å². The van der Waals surface area contributed by atoms with Gasteiger partial charge in [0.05, 0.1) is 13.7 Å². The van der Waals surface area contributed by atoms with Crippen molar-refractivity contribution in [3.05, 3.63) is 52.5 Å². The van der Waals surface area contributed by atoms with E-state index in [1.54, 1.807) is 7.11 Å². The standard InChI is InChI=1S/C22H32N2O3/c1-16-5-7-21(27-16)15-23-10-11-24(20(14-23)9-12-25)13-19-6-8-22(26-4)18(3)17(19)2/h5-8,20,25H,9-15H2,1-4H3. The van der Waals surface area contributed by atoms with E-state index < -0.39 is 0 Å². The van der Waals surface area contributed by atoms with Crippen molar-refractivity contribution >= 4 is 0 Å². The zero-order valence-corrected chi connectivity index (χ0v) is 17.0. The van der Waals surface area contributed by atoms with Crippen molar-refractivity contribution in [2.24, 2.45) is 0 Å². The van der Waals surface area contributed by atoms with E-state index in [-0.39, 0.29) is 6.61 Å². The molecule has 1 atom stereocenters. The van der Waals surface area contributed by atoms with Crippen LogP contribution < -0.4 is 4.74 Å². The quantitative estimate of drug-likeness (QED) is 0.808. The summed E-state index contributed by atoms with van der Waals surface area (Å²) in [5, 5.41) is 9.57. The number of piperazine rings is 1. The fourth-order valence-electron chi connectivity index (χ4n) is 3.99. The van der Waals surface area contributed by atoms with Gasteiger partial charge in [0.15, 0.2) is 0 Å². The number of nitrogens with zero attached hydrogens (tertiary/aromatic N) is 2. The van der Waals surface area contributed by atoms with Crippen molar-refractivity contribution < 1.29 is 14.3 Å². The lowest BCUT2D eigenvalue weighted by Gasteiger charge is -2.41. The number of methoxy groups -OCH3 is 1. The first-order chi connectivity index (χ1) is 13.0. The first kappa shape index (κ1) is 19.9. The van der Waals surface area contributed by atoms with Crippen LogP contribution in [0.2, 0.25) is 0 Å². The maximum absolute atomic E-state index is 9.57. The van der Waals surface area contributed by atoms with Crippen molar-refractivity contribution in [1.82, 2.24) is 9.80 Å². The molecule has 1 aliphatic heterocycles. The molecule has 0 amide bonds. The summed E-state index contributed by atoms with van der Waals surface area (Å²) < 4.78 is 11.2. The smallest absolute Gasteiger partial charge is 0.122 e. The van der Waals surface area contributed by atoms with Gasteiger partial charge in [-0.05, 0) is 62.1 Å². The van der Waals surface area contributed by atoms with E-state index in [4.69, 9.17) is 9.15 Å². The van der Waals surface area contributed by atoms with Gasteiger partial charge in [0.2, 0.25) is 0 Å². The maximum Gasteiger partial charge on any atom is 0.122 e. The van der Waals surface area contributed by atoms with E-state index in [9.17, 15) is 5.11 Å². The lowest BCUT2D eigenvalue weighted by atomic mass is 10.00. The molecular weight excluding hydrogens is 340 g/mol. The molecule has 1 fully saturated rings.